The van der Waals surface area contributed by atoms with Crippen molar-refractivity contribution >= 4 is 34.3 Å². The van der Waals surface area contributed by atoms with Gasteiger partial charge in [0.1, 0.15) is 11.4 Å². The van der Waals surface area contributed by atoms with Crippen LogP contribution in [0.15, 0.2) is 95.5 Å². The molecule has 0 aliphatic rings. The van der Waals surface area contributed by atoms with Gasteiger partial charge in [-0.2, -0.15) is 10.2 Å². The van der Waals surface area contributed by atoms with E-state index in [-0.39, 0.29) is 0 Å². The topological polar surface area (TPSA) is 64.3 Å². The Balaban J connectivity index is 1.41. The monoisotopic (exact) mass is 485 g/mol. The summed E-state index contributed by atoms with van der Waals surface area (Å²) in [5.41, 5.74) is 8.54. The lowest BCUT2D eigenvalue weighted by molar-refractivity contribution is 0.415. The van der Waals surface area contributed by atoms with Crippen LogP contribution in [0.1, 0.15) is 5.56 Å². The van der Waals surface area contributed by atoms with Crippen molar-refractivity contribution in [3.63, 3.8) is 0 Å². The molecule has 0 saturated carbocycles. The third kappa shape index (κ3) is 4.85. The molecule has 0 aliphatic carbocycles. The number of aromatic nitrogens is 3. The Morgan fingerprint density at radius 2 is 1.71 bits per heavy atom. The second-order valence-electron chi connectivity index (χ2n) is 7.36. The van der Waals surface area contributed by atoms with Gasteiger partial charge in [0.25, 0.3) is 0 Å². The van der Waals surface area contributed by atoms with E-state index in [4.69, 9.17) is 21.4 Å². The summed E-state index contributed by atoms with van der Waals surface area (Å²) in [6, 6.07) is 25.4. The largest absolute Gasteiger partial charge is 0.497 e. The van der Waals surface area contributed by atoms with Gasteiger partial charge in [-0.15, -0.1) is 11.3 Å². The lowest BCUT2D eigenvalue weighted by Gasteiger charge is -2.02. The van der Waals surface area contributed by atoms with Gasteiger partial charge in [-0.25, -0.2) is 9.67 Å². The highest BCUT2D eigenvalue weighted by Gasteiger charge is 2.12. The van der Waals surface area contributed by atoms with Crippen LogP contribution >= 0.6 is 22.9 Å². The van der Waals surface area contributed by atoms with Crippen molar-refractivity contribution < 1.29 is 4.74 Å². The minimum atomic E-state index is 0.697. The molecule has 0 radical (unpaired) electrons. The molecule has 34 heavy (non-hydrogen) atoms. The Bertz CT molecular complexity index is 1410. The Kier molecular flexibility index (Phi) is 6.38. The standard InChI is InChI=1S/C26H20ClN5OS/c1-33-23-13-9-19(10-14-23)25-20(16-32(31-25)22-5-3-2-4-6-22)15-28-30-26-29-24(17-34-26)18-7-11-21(27)12-8-18/h2-17H,1H3,(H,29,30)/b28-15+. The van der Waals surface area contributed by atoms with Crippen LogP contribution in [0.25, 0.3) is 28.2 Å². The predicted octanol–water partition coefficient (Wildman–Crippen LogP) is 6.77. The maximum Gasteiger partial charge on any atom is 0.203 e. The zero-order valence-corrected chi connectivity index (χ0v) is 19.8. The van der Waals surface area contributed by atoms with Gasteiger partial charge >= 0.3 is 0 Å². The summed E-state index contributed by atoms with van der Waals surface area (Å²) in [6.45, 7) is 0. The van der Waals surface area contributed by atoms with E-state index in [9.17, 15) is 0 Å². The average molecular weight is 486 g/mol. The molecule has 0 aliphatic heterocycles. The number of para-hydroxylation sites is 1. The number of methoxy groups -OCH3 is 1. The van der Waals surface area contributed by atoms with Crippen LogP contribution in [0.4, 0.5) is 5.13 Å². The van der Waals surface area contributed by atoms with Gasteiger partial charge in [0.15, 0.2) is 0 Å². The van der Waals surface area contributed by atoms with Crippen LogP contribution in [-0.4, -0.2) is 28.1 Å². The highest BCUT2D eigenvalue weighted by Crippen LogP contribution is 2.27. The van der Waals surface area contributed by atoms with Crippen molar-refractivity contribution in [3.05, 3.63) is 101 Å². The number of hydrogen-bond acceptors (Lipinski definition) is 6. The van der Waals surface area contributed by atoms with Gasteiger partial charge in [-0.3, -0.25) is 5.43 Å². The number of anilines is 1. The number of rotatable bonds is 7. The van der Waals surface area contributed by atoms with Crippen molar-refractivity contribution in [2.75, 3.05) is 12.5 Å². The van der Waals surface area contributed by atoms with Crippen LogP contribution in [0.2, 0.25) is 5.02 Å². The quantitative estimate of drug-likeness (QED) is 0.204. The molecule has 2 heterocycles. The van der Waals surface area contributed by atoms with Gasteiger partial charge in [0.2, 0.25) is 5.13 Å². The minimum absolute atomic E-state index is 0.697. The van der Waals surface area contributed by atoms with E-state index in [0.29, 0.717) is 10.2 Å². The number of hydrogen-bond donors (Lipinski definition) is 1. The van der Waals surface area contributed by atoms with E-state index < -0.39 is 0 Å². The minimum Gasteiger partial charge on any atom is -0.497 e. The molecule has 0 spiro atoms. The van der Waals surface area contributed by atoms with Crippen molar-refractivity contribution in [1.82, 2.24) is 14.8 Å². The summed E-state index contributed by atoms with van der Waals surface area (Å²) in [4.78, 5) is 4.61. The van der Waals surface area contributed by atoms with Crippen LogP contribution < -0.4 is 10.2 Å². The molecule has 0 bridgehead atoms. The second-order valence-corrected chi connectivity index (χ2v) is 8.65. The molecule has 168 valence electrons. The Labute approximate surface area is 206 Å². The molecule has 0 unspecified atom stereocenters. The highest BCUT2D eigenvalue weighted by molar-refractivity contribution is 7.14. The fourth-order valence-electron chi connectivity index (χ4n) is 3.40. The van der Waals surface area contributed by atoms with E-state index in [1.807, 2.05) is 95.1 Å². The van der Waals surface area contributed by atoms with Gasteiger partial charge in [-0.05, 0) is 48.5 Å². The van der Waals surface area contributed by atoms with Crippen LogP contribution in [0.5, 0.6) is 5.75 Å². The molecule has 8 heteroatoms. The fraction of sp³-hybridized carbons (Fsp3) is 0.0385. The maximum atomic E-state index is 5.98. The summed E-state index contributed by atoms with van der Waals surface area (Å²) in [5, 5.41) is 12.6. The highest BCUT2D eigenvalue weighted by atomic mass is 35.5. The van der Waals surface area contributed by atoms with Crippen LogP contribution in [-0.2, 0) is 0 Å². The van der Waals surface area contributed by atoms with Gasteiger partial charge < -0.3 is 4.74 Å². The van der Waals surface area contributed by atoms with E-state index in [0.717, 1.165) is 39.5 Å². The first-order valence-corrected chi connectivity index (χ1v) is 11.8. The number of halogens is 1. The molecule has 0 saturated heterocycles. The summed E-state index contributed by atoms with van der Waals surface area (Å²) in [6.07, 6.45) is 3.72. The van der Waals surface area contributed by atoms with Gasteiger partial charge in [-0.1, -0.05) is 41.9 Å². The first-order valence-electron chi connectivity index (χ1n) is 10.5. The Hall–Kier alpha value is -3.94. The first-order chi connectivity index (χ1) is 16.7. The van der Waals surface area contributed by atoms with Gasteiger partial charge in [0, 0.05) is 33.3 Å². The van der Waals surface area contributed by atoms with E-state index in [1.165, 1.54) is 11.3 Å². The molecule has 1 N–H and O–H groups in total. The molecule has 3 aromatic carbocycles. The molecule has 6 nitrogen and oxygen atoms in total. The second kappa shape index (κ2) is 9.91. The van der Waals surface area contributed by atoms with E-state index in [2.05, 4.69) is 15.5 Å². The van der Waals surface area contributed by atoms with Crippen molar-refractivity contribution in [1.29, 1.82) is 0 Å². The summed E-state index contributed by atoms with van der Waals surface area (Å²) in [5.74, 6) is 0.795. The lowest BCUT2D eigenvalue weighted by Crippen LogP contribution is -1.94. The number of hydrazone groups is 1. The van der Waals surface area contributed by atoms with Crippen LogP contribution in [0.3, 0.4) is 0 Å². The SMILES string of the molecule is COc1ccc(-c2nn(-c3ccccc3)cc2/C=N/Nc2nc(-c3ccc(Cl)cc3)cs2)cc1. The van der Waals surface area contributed by atoms with E-state index >= 15 is 0 Å². The van der Waals surface area contributed by atoms with Crippen molar-refractivity contribution in [2.45, 2.75) is 0 Å². The summed E-state index contributed by atoms with van der Waals surface area (Å²) < 4.78 is 7.14. The number of benzene rings is 3. The third-order valence-electron chi connectivity index (χ3n) is 5.13. The fourth-order valence-corrected chi connectivity index (χ4v) is 4.20. The summed E-state index contributed by atoms with van der Waals surface area (Å²) >= 11 is 7.47. The van der Waals surface area contributed by atoms with Gasteiger partial charge in [0.05, 0.1) is 24.7 Å². The molecule has 0 fully saturated rings. The summed E-state index contributed by atoms with van der Waals surface area (Å²) in [7, 11) is 1.65. The number of thiazole rings is 1. The Morgan fingerprint density at radius 3 is 2.44 bits per heavy atom. The normalized spacial score (nSPS) is 11.1. The molecular formula is C26H20ClN5OS. The Morgan fingerprint density at radius 1 is 0.971 bits per heavy atom. The van der Waals surface area contributed by atoms with Crippen LogP contribution in [0, 0.1) is 0 Å². The smallest absolute Gasteiger partial charge is 0.203 e. The first kappa shape index (κ1) is 21.9. The van der Waals surface area contributed by atoms with Crippen molar-refractivity contribution in [2.24, 2.45) is 5.10 Å². The average Bonchev–Trinajstić information content (AvgIpc) is 3.53. The zero-order chi connectivity index (χ0) is 23.3. The number of nitrogens with one attached hydrogen (secondary N) is 1. The van der Waals surface area contributed by atoms with Crippen molar-refractivity contribution in [3.8, 4) is 34.0 Å². The third-order valence-corrected chi connectivity index (χ3v) is 6.13. The molecule has 5 aromatic rings. The van der Waals surface area contributed by atoms with E-state index in [1.54, 1.807) is 13.3 Å². The number of nitrogens with zero attached hydrogens (tertiary/aromatic N) is 4. The zero-order valence-electron chi connectivity index (χ0n) is 18.2. The number of ether oxygens (including phenoxy) is 1. The molecular weight excluding hydrogens is 466 g/mol. The predicted molar refractivity (Wildman–Crippen MR) is 139 cm³/mol. The maximum absolute atomic E-state index is 5.98. The molecule has 2 aromatic heterocycles. The lowest BCUT2D eigenvalue weighted by atomic mass is 10.1. The molecule has 0 amide bonds. The molecule has 5 rings (SSSR count). The molecule has 0 atom stereocenters.